The van der Waals surface area contributed by atoms with E-state index < -0.39 is 0 Å². The molecule has 27 heavy (non-hydrogen) atoms. The molecule has 2 N–H and O–H groups in total. The van der Waals surface area contributed by atoms with Crippen molar-refractivity contribution in [3.63, 3.8) is 0 Å². The highest BCUT2D eigenvalue weighted by Crippen LogP contribution is 2.20. The van der Waals surface area contributed by atoms with Gasteiger partial charge in [0.15, 0.2) is 0 Å². The van der Waals surface area contributed by atoms with Gasteiger partial charge in [-0.2, -0.15) is 0 Å². The third-order valence-electron chi connectivity index (χ3n) is 5.29. The smallest absolute Gasteiger partial charge is 0.127 e. The molecule has 0 bridgehead atoms. The molecule has 0 amide bonds. The maximum atomic E-state index is 14.0. The van der Waals surface area contributed by atoms with Crippen molar-refractivity contribution in [1.29, 1.82) is 0 Å². The fraction of sp³-hybridized carbons (Fsp3) is 0.381. The average Bonchev–Trinajstić information content (AvgIpc) is 3.08. The molecule has 0 radical (unpaired) electrons. The van der Waals surface area contributed by atoms with Crippen LogP contribution in [-0.4, -0.2) is 57.2 Å². The highest BCUT2D eigenvalue weighted by atomic mass is 19.1. The molecule has 1 aliphatic rings. The van der Waals surface area contributed by atoms with Gasteiger partial charge in [-0.1, -0.05) is 30.3 Å². The van der Waals surface area contributed by atoms with E-state index in [-0.39, 0.29) is 18.5 Å². The second-order valence-electron chi connectivity index (χ2n) is 7.16. The summed E-state index contributed by atoms with van der Waals surface area (Å²) in [7, 11) is 0. The molecule has 1 saturated heterocycles. The van der Waals surface area contributed by atoms with Crippen LogP contribution in [0, 0.1) is 5.82 Å². The molecule has 3 aromatic rings. The summed E-state index contributed by atoms with van der Waals surface area (Å²) in [5.74, 6) is 0.798. The summed E-state index contributed by atoms with van der Waals surface area (Å²) in [6.07, 6.45) is 0.686. The number of aliphatic hydroxyl groups excluding tert-OH is 1. The molecule has 1 fully saturated rings. The standard InChI is InChI=1S/C21H25FN4O/c22-18-6-2-1-5-16(18)13-26-11-10-25(14-17(26)9-12-27)15-21-23-19-7-3-4-8-20(19)24-21/h1-8,17,27H,9-15H2,(H,23,24)/t17-/m1/s1. The summed E-state index contributed by atoms with van der Waals surface area (Å²) in [6.45, 7) is 4.05. The van der Waals surface area contributed by atoms with Crippen LogP contribution in [0.1, 0.15) is 17.8 Å². The summed E-state index contributed by atoms with van der Waals surface area (Å²) in [4.78, 5) is 12.7. The van der Waals surface area contributed by atoms with E-state index in [1.54, 1.807) is 6.07 Å². The third-order valence-corrected chi connectivity index (χ3v) is 5.29. The first-order valence-corrected chi connectivity index (χ1v) is 9.47. The topological polar surface area (TPSA) is 55.4 Å². The monoisotopic (exact) mass is 368 g/mol. The molecule has 0 spiro atoms. The fourth-order valence-electron chi connectivity index (χ4n) is 3.87. The molecular weight excluding hydrogens is 343 g/mol. The molecule has 1 aliphatic heterocycles. The Bertz CT molecular complexity index is 864. The van der Waals surface area contributed by atoms with Crippen LogP contribution in [0.15, 0.2) is 48.5 Å². The number of H-pyrrole nitrogens is 1. The maximum absolute atomic E-state index is 14.0. The Morgan fingerprint density at radius 3 is 2.70 bits per heavy atom. The van der Waals surface area contributed by atoms with E-state index in [4.69, 9.17) is 0 Å². The zero-order chi connectivity index (χ0) is 18.6. The molecule has 0 saturated carbocycles. The van der Waals surface area contributed by atoms with Gasteiger partial charge in [0.25, 0.3) is 0 Å². The molecule has 5 nitrogen and oxygen atoms in total. The van der Waals surface area contributed by atoms with Gasteiger partial charge in [0.2, 0.25) is 0 Å². The fourth-order valence-corrected chi connectivity index (χ4v) is 3.87. The SMILES string of the molecule is OCC[C@@H]1CN(Cc2nc3ccccc3[nH]2)CCN1Cc1ccccc1F. The highest BCUT2D eigenvalue weighted by Gasteiger charge is 2.27. The number of hydrogen-bond acceptors (Lipinski definition) is 4. The lowest BCUT2D eigenvalue weighted by molar-refractivity contribution is 0.0482. The Kier molecular flexibility index (Phi) is 5.48. The van der Waals surface area contributed by atoms with Crippen molar-refractivity contribution >= 4 is 11.0 Å². The van der Waals surface area contributed by atoms with E-state index in [2.05, 4.69) is 19.8 Å². The van der Waals surface area contributed by atoms with Crippen LogP contribution in [0.5, 0.6) is 0 Å². The van der Waals surface area contributed by atoms with Crippen molar-refractivity contribution < 1.29 is 9.50 Å². The Labute approximate surface area is 158 Å². The molecule has 2 aromatic carbocycles. The lowest BCUT2D eigenvalue weighted by atomic mass is 10.1. The third kappa shape index (κ3) is 4.18. The highest BCUT2D eigenvalue weighted by molar-refractivity contribution is 5.74. The van der Waals surface area contributed by atoms with Crippen molar-refractivity contribution in [2.45, 2.75) is 25.6 Å². The van der Waals surface area contributed by atoms with Crippen LogP contribution in [0.4, 0.5) is 4.39 Å². The number of aromatic amines is 1. The number of aromatic nitrogens is 2. The van der Waals surface area contributed by atoms with Crippen molar-refractivity contribution in [3.05, 3.63) is 65.7 Å². The number of piperazine rings is 1. The van der Waals surface area contributed by atoms with Gasteiger partial charge in [-0.3, -0.25) is 9.80 Å². The first kappa shape index (κ1) is 18.1. The van der Waals surface area contributed by atoms with Crippen LogP contribution in [0.25, 0.3) is 11.0 Å². The molecular formula is C21H25FN4O. The van der Waals surface area contributed by atoms with Gasteiger partial charge >= 0.3 is 0 Å². The summed E-state index contributed by atoms with van der Waals surface area (Å²) >= 11 is 0. The number of halogens is 1. The zero-order valence-corrected chi connectivity index (χ0v) is 15.3. The Morgan fingerprint density at radius 2 is 1.89 bits per heavy atom. The molecule has 4 rings (SSSR count). The zero-order valence-electron chi connectivity index (χ0n) is 15.3. The first-order valence-electron chi connectivity index (χ1n) is 9.47. The number of benzene rings is 2. The molecule has 142 valence electrons. The van der Waals surface area contributed by atoms with E-state index in [1.807, 2.05) is 36.4 Å². The van der Waals surface area contributed by atoms with E-state index in [0.717, 1.165) is 43.0 Å². The second-order valence-corrected chi connectivity index (χ2v) is 7.16. The normalized spacial score (nSPS) is 19.0. The van der Waals surface area contributed by atoms with Crippen LogP contribution in [0.3, 0.4) is 0 Å². The van der Waals surface area contributed by atoms with Gasteiger partial charge < -0.3 is 10.1 Å². The molecule has 2 heterocycles. The predicted molar refractivity (Wildman–Crippen MR) is 104 cm³/mol. The Balaban J connectivity index is 1.43. The van der Waals surface area contributed by atoms with E-state index >= 15 is 0 Å². The average molecular weight is 368 g/mol. The number of fused-ring (bicyclic) bond motifs is 1. The number of rotatable bonds is 6. The molecule has 1 atom stereocenters. The van der Waals surface area contributed by atoms with Crippen LogP contribution in [-0.2, 0) is 13.1 Å². The minimum absolute atomic E-state index is 0.136. The number of nitrogens with one attached hydrogen (secondary N) is 1. The van der Waals surface area contributed by atoms with Crippen molar-refractivity contribution in [2.75, 3.05) is 26.2 Å². The van der Waals surface area contributed by atoms with Crippen LogP contribution >= 0.6 is 0 Å². The van der Waals surface area contributed by atoms with E-state index in [0.29, 0.717) is 18.5 Å². The number of imidazole rings is 1. The quantitative estimate of drug-likeness (QED) is 0.703. The van der Waals surface area contributed by atoms with Gasteiger partial charge in [0, 0.05) is 44.4 Å². The van der Waals surface area contributed by atoms with Gasteiger partial charge in [-0.25, -0.2) is 9.37 Å². The second kappa shape index (κ2) is 8.17. The van der Waals surface area contributed by atoms with Gasteiger partial charge in [-0.15, -0.1) is 0 Å². The van der Waals surface area contributed by atoms with Gasteiger partial charge in [0.1, 0.15) is 11.6 Å². The predicted octanol–water partition coefficient (Wildman–Crippen LogP) is 2.77. The van der Waals surface area contributed by atoms with E-state index in [1.165, 1.54) is 6.07 Å². The molecule has 0 aliphatic carbocycles. The van der Waals surface area contributed by atoms with Crippen LogP contribution in [0.2, 0.25) is 0 Å². The lowest BCUT2D eigenvalue weighted by Crippen LogP contribution is -2.52. The van der Waals surface area contributed by atoms with E-state index in [9.17, 15) is 9.50 Å². The molecule has 0 unspecified atom stereocenters. The Hall–Kier alpha value is -2.28. The number of para-hydroxylation sites is 2. The lowest BCUT2D eigenvalue weighted by Gasteiger charge is -2.41. The van der Waals surface area contributed by atoms with Gasteiger partial charge in [-0.05, 0) is 24.6 Å². The maximum Gasteiger partial charge on any atom is 0.127 e. The first-order chi connectivity index (χ1) is 13.2. The summed E-state index contributed by atoms with van der Waals surface area (Å²) in [6, 6.07) is 15.2. The van der Waals surface area contributed by atoms with Crippen LogP contribution < -0.4 is 0 Å². The number of hydrogen-bond donors (Lipinski definition) is 2. The van der Waals surface area contributed by atoms with Gasteiger partial charge in [0.05, 0.1) is 17.6 Å². The van der Waals surface area contributed by atoms with Crippen molar-refractivity contribution in [3.8, 4) is 0 Å². The summed E-state index contributed by atoms with van der Waals surface area (Å²) in [5.41, 5.74) is 2.75. The minimum Gasteiger partial charge on any atom is -0.396 e. The summed E-state index contributed by atoms with van der Waals surface area (Å²) in [5, 5.41) is 9.49. The largest absolute Gasteiger partial charge is 0.396 e. The number of aliphatic hydroxyl groups is 1. The summed E-state index contributed by atoms with van der Waals surface area (Å²) < 4.78 is 14.0. The molecule has 6 heteroatoms. The number of nitrogens with zero attached hydrogens (tertiary/aromatic N) is 3. The molecule has 1 aromatic heterocycles. The Morgan fingerprint density at radius 1 is 1.07 bits per heavy atom. The minimum atomic E-state index is -0.162. The van der Waals surface area contributed by atoms with Crippen molar-refractivity contribution in [1.82, 2.24) is 19.8 Å². The van der Waals surface area contributed by atoms with Crippen molar-refractivity contribution in [2.24, 2.45) is 0 Å².